The Bertz CT molecular complexity index is 744. The van der Waals surface area contributed by atoms with E-state index < -0.39 is 10.0 Å². The Hall–Kier alpha value is -2.09. The number of aliphatic hydroxyl groups is 1. The van der Waals surface area contributed by atoms with Crippen molar-refractivity contribution in [2.45, 2.75) is 11.3 Å². The van der Waals surface area contributed by atoms with Crippen LogP contribution in [0.15, 0.2) is 47.4 Å². The number of primary sulfonamides is 1. The third-order valence-corrected chi connectivity index (χ3v) is 3.88. The number of rotatable bonds is 5. The van der Waals surface area contributed by atoms with Gasteiger partial charge in [0.1, 0.15) is 10.6 Å². The van der Waals surface area contributed by atoms with Gasteiger partial charge in [0.2, 0.25) is 10.0 Å². The molecule has 2 aromatic carbocycles. The minimum absolute atomic E-state index is 0.0208. The van der Waals surface area contributed by atoms with Gasteiger partial charge in [0.25, 0.3) is 0 Å². The number of nitrogens with two attached hydrogens (primary N) is 2. The maximum Gasteiger partial charge on any atom is 0.240 e. The Kier molecular flexibility index (Phi) is 4.46. The largest absolute Gasteiger partial charge is 0.455 e. The molecule has 21 heavy (non-hydrogen) atoms. The van der Waals surface area contributed by atoms with Crippen molar-refractivity contribution in [1.82, 2.24) is 0 Å². The third kappa shape index (κ3) is 3.52. The lowest BCUT2D eigenvalue weighted by Crippen LogP contribution is -2.14. The fraction of sp³-hybridized carbons (Fsp3) is 0.143. The summed E-state index contributed by atoms with van der Waals surface area (Å²) in [5, 5.41) is 14.1. The molecule has 0 amide bonds. The van der Waals surface area contributed by atoms with E-state index >= 15 is 0 Å². The van der Waals surface area contributed by atoms with Gasteiger partial charge in [-0.3, -0.25) is 0 Å². The summed E-state index contributed by atoms with van der Waals surface area (Å²) in [5.74, 6) is 0.705. The first-order valence-electron chi connectivity index (χ1n) is 6.21. The SMILES string of the molecule is Nc1c(Oc2ccccc2CCO)cccc1S(N)(=O)=O. The van der Waals surface area contributed by atoms with Crippen LogP contribution in [0.25, 0.3) is 0 Å². The van der Waals surface area contributed by atoms with Crippen LogP contribution < -0.4 is 15.6 Å². The predicted molar refractivity (Wildman–Crippen MR) is 79.5 cm³/mol. The summed E-state index contributed by atoms with van der Waals surface area (Å²) in [7, 11) is -3.91. The van der Waals surface area contributed by atoms with Gasteiger partial charge in [0.05, 0.1) is 5.69 Å². The zero-order valence-electron chi connectivity index (χ0n) is 11.2. The Labute approximate surface area is 123 Å². The number of para-hydroxylation sites is 2. The lowest BCUT2D eigenvalue weighted by Gasteiger charge is -2.13. The van der Waals surface area contributed by atoms with Crippen molar-refractivity contribution < 1.29 is 18.3 Å². The summed E-state index contributed by atoms with van der Waals surface area (Å²) in [5.41, 5.74) is 6.56. The average molecular weight is 308 g/mol. The first-order chi connectivity index (χ1) is 9.93. The number of sulfonamides is 1. The third-order valence-electron chi connectivity index (χ3n) is 2.91. The second-order valence-electron chi connectivity index (χ2n) is 4.40. The number of benzene rings is 2. The minimum Gasteiger partial charge on any atom is -0.455 e. The molecule has 7 heteroatoms. The minimum atomic E-state index is -3.91. The van der Waals surface area contributed by atoms with E-state index in [2.05, 4.69) is 0 Å². The Morgan fingerprint density at radius 2 is 1.71 bits per heavy atom. The number of aliphatic hydroxyl groups excluding tert-OH is 1. The number of hydrogen-bond acceptors (Lipinski definition) is 5. The van der Waals surface area contributed by atoms with Crippen LogP contribution in [0.5, 0.6) is 11.5 Å². The van der Waals surface area contributed by atoms with Crippen LogP contribution in [0.1, 0.15) is 5.56 Å². The summed E-state index contributed by atoms with van der Waals surface area (Å²) in [6.07, 6.45) is 0.422. The van der Waals surface area contributed by atoms with Crippen molar-refractivity contribution in [1.29, 1.82) is 0 Å². The lowest BCUT2D eigenvalue weighted by atomic mass is 10.1. The predicted octanol–water partition coefficient (Wildman–Crippen LogP) is 1.24. The lowest BCUT2D eigenvalue weighted by molar-refractivity contribution is 0.298. The van der Waals surface area contributed by atoms with E-state index in [1.54, 1.807) is 18.2 Å². The highest BCUT2D eigenvalue weighted by atomic mass is 32.2. The molecule has 0 saturated heterocycles. The molecule has 112 valence electrons. The van der Waals surface area contributed by atoms with Crippen molar-refractivity contribution in [3.8, 4) is 11.5 Å². The van der Waals surface area contributed by atoms with E-state index in [0.717, 1.165) is 5.56 Å². The smallest absolute Gasteiger partial charge is 0.240 e. The van der Waals surface area contributed by atoms with Gasteiger partial charge in [0.15, 0.2) is 5.75 Å². The maximum absolute atomic E-state index is 11.4. The van der Waals surface area contributed by atoms with Crippen molar-refractivity contribution >= 4 is 15.7 Å². The van der Waals surface area contributed by atoms with Gasteiger partial charge in [0, 0.05) is 6.61 Å². The molecule has 0 aliphatic heterocycles. The van der Waals surface area contributed by atoms with Gasteiger partial charge in [-0.15, -0.1) is 0 Å². The van der Waals surface area contributed by atoms with Crippen LogP contribution in [0.2, 0.25) is 0 Å². The van der Waals surface area contributed by atoms with E-state index in [-0.39, 0.29) is 22.9 Å². The molecule has 0 aliphatic rings. The second-order valence-corrected chi connectivity index (χ2v) is 5.93. The quantitative estimate of drug-likeness (QED) is 0.719. The van der Waals surface area contributed by atoms with Crippen LogP contribution in [-0.4, -0.2) is 20.1 Å². The van der Waals surface area contributed by atoms with Crippen molar-refractivity contribution in [2.24, 2.45) is 5.14 Å². The first-order valence-corrected chi connectivity index (χ1v) is 7.76. The highest BCUT2D eigenvalue weighted by Gasteiger charge is 2.16. The fourth-order valence-corrected chi connectivity index (χ4v) is 2.59. The molecule has 0 radical (unpaired) electrons. The summed E-state index contributed by atoms with van der Waals surface area (Å²) in [4.78, 5) is -0.181. The van der Waals surface area contributed by atoms with Gasteiger partial charge >= 0.3 is 0 Å². The highest BCUT2D eigenvalue weighted by Crippen LogP contribution is 2.33. The van der Waals surface area contributed by atoms with Crippen molar-refractivity contribution in [3.63, 3.8) is 0 Å². The molecular formula is C14H16N2O4S. The van der Waals surface area contributed by atoms with Crippen LogP contribution in [0.3, 0.4) is 0 Å². The van der Waals surface area contributed by atoms with E-state index in [0.29, 0.717) is 12.2 Å². The summed E-state index contributed by atoms with van der Waals surface area (Å²) in [6, 6.07) is 11.5. The fourth-order valence-electron chi connectivity index (χ4n) is 1.91. The van der Waals surface area contributed by atoms with Crippen molar-refractivity contribution in [3.05, 3.63) is 48.0 Å². The van der Waals surface area contributed by atoms with Gasteiger partial charge < -0.3 is 15.6 Å². The highest BCUT2D eigenvalue weighted by molar-refractivity contribution is 7.89. The molecule has 0 aromatic heterocycles. The molecule has 0 fully saturated rings. The number of anilines is 1. The Morgan fingerprint density at radius 3 is 2.38 bits per heavy atom. The summed E-state index contributed by atoms with van der Waals surface area (Å²) in [6.45, 7) is -0.0208. The Balaban J connectivity index is 2.42. The topological polar surface area (TPSA) is 116 Å². The zero-order chi connectivity index (χ0) is 15.5. The van der Waals surface area contributed by atoms with Gasteiger partial charge in [-0.2, -0.15) is 0 Å². The molecule has 0 bridgehead atoms. The molecule has 0 saturated carbocycles. The Morgan fingerprint density at radius 1 is 1.05 bits per heavy atom. The molecule has 0 spiro atoms. The van der Waals surface area contributed by atoms with Gasteiger partial charge in [-0.05, 0) is 30.2 Å². The van der Waals surface area contributed by atoms with Crippen LogP contribution in [-0.2, 0) is 16.4 Å². The number of hydrogen-bond donors (Lipinski definition) is 3. The molecule has 0 unspecified atom stereocenters. The molecule has 0 atom stereocenters. The second kappa shape index (κ2) is 6.13. The average Bonchev–Trinajstić information content (AvgIpc) is 2.42. The van der Waals surface area contributed by atoms with Crippen LogP contribution >= 0.6 is 0 Å². The number of ether oxygens (including phenoxy) is 1. The van der Waals surface area contributed by atoms with E-state index in [9.17, 15) is 8.42 Å². The molecular weight excluding hydrogens is 292 g/mol. The molecule has 5 N–H and O–H groups in total. The first kappa shape index (κ1) is 15.3. The summed E-state index contributed by atoms with van der Waals surface area (Å²) < 4.78 is 28.5. The maximum atomic E-state index is 11.4. The molecule has 0 aliphatic carbocycles. The number of nitrogen functional groups attached to an aromatic ring is 1. The van der Waals surface area contributed by atoms with Gasteiger partial charge in [-0.25, -0.2) is 13.6 Å². The molecule has 2 aromatic rings. The van der Waals surface area contributed by atoms with E-state index in [4.69, 9.17) is 20.7 Å². The summed E-state index contributed by atoms with van der Waals surface area (Å²) >= 11 is 0. The van der Waals surface area contributed by atoms with Crippen LogP contribution in [0, 0.1) is 0 Å². The van der Waals surface area contributed by atoms with Gasteiger partial charge in [-0.1, -0.05) is 24.3 Å². The molecule has 2 rings (SSSR count). The molecule has 6 nitrogen and oxygen atoms in total. The zero-order valence-corrected chi connectivity index (χ0v) is 12.0. The van der Waals surface area contributed by atoms with Crippen LogP contribution in [0.4, 0.5) is 5.69 Å². The molecule has 0 heterocycles. The standard InChI is InChI=1S/C14H16N2O4S/c15-14-12(6-3-7-13(14)21(16,18)19)20-11-5-2-1-4-10(11)8-9-17/h1-7,17H,8-9,15H2,(H2,16,18,19). The monoisotopic (exact) mass is 308 g/mol. The normalized spacial score (nSPS) is 11.3. The van der Waals surface area contributed by atoms with E-state index in [1.165, 1.54) is 12.1 Å². The van der Waals surface area contributed by atoms with E-state index in [1.807, 2.05) is 12.1 Å². The van der Waals surface area contributed by atoms with Crippen molar-refractivity contribution in [2.75, 3.05) is 12.3 Å².